The van der Waals surface area contributed by atoms with Crippen molar-refractivity contribution in [3.63, 3.8) is 0 Å². The number of H-pyrrole nitrogens is 1. The molecule has 2 heterocycles. The summed E-state index contributed by atoms with van der Waals surface area (Å²) in [7, 11) is 0. The van der Waals surface area contributed by atoms with Gasteiger partial charge in [0.25, 0.3) is 11.8 Å². The highest BCUT2D eigenvalue weighted by molar-refractivity contribution is 7.14. The Balaban J connectivity index is 1.50. The number of benzene rings is 2. The van der Waals surface area contributed by atoms with Gasteiger partial charge < -0.3 is 9.88 Å². The van der Waals surface area contributed by atoms with Crippen LogP contribution in [-0.4, -0.2) is 39.8 Å². The van der Waals surface area contributed by atoms with Crippen molar-refractivity contribution in [3.8, 4) is 11.3 Å². The van der Waals surface area contributed by atoms with Crippen molar-refractivity contribution in [3.05, 3.63) is 70.7 Å². The number of fused-ring (bicyclic) bond motifs is 1. The molecule has 2 N–H and O–H groups in total. The fraction of sp³-hybridized carbons (Fsp3) is 0.208. The van der Waals surface area contributed by atoms with E-state index < -0.39 is 0 Å². The minimum Gasteiger partial charge on any atom is -0.358 e. The lowest BCUT2D eigenvalue weighted by atomic mass is 10.1. The summed E-state index contributed by atoms with van der Waals surface area (Å²) in [6, 6.07) is 14.8. The molecule has 2 aromatic carbocycles. The molecular weight excluding hydrogens is 408 g/mol. The van der Waals surface area contributed by atoms with E-state index in [9.17, 15) is 9.59 Å². The van der Waals surface area contributed by atoms with Gasteiger partial charge in [-0.05, 0) is 51.1 Å². The van der Waals surface area contributed by atoms with E-state index in [2.05, 4.69) is 21.4 Å². The summed E-state index contributed by atoms with van der Waals surface area (Å²) in [5, 5.41) is 6.46. The molecule has 0 aliphatic carbocycles. The van der Waals surface area contributed by atoms with Crippen LogP contribution in [0.1, 0.15) is 40.3 Å². The Morgan fingerprint density at radius 2 is 1.71 bits per heavy atom. The van der Waals surface area contributed by atoms with Crippen LogP contribution < -0.4 is 5.32 Å². The van der Waals surface area contributed by atoms with E-state index in [4.69, 9.17) is 0 Å². The highest BCUT2D eigenvalue weighted by Crippen LogP contribution is 2.33. The zero-order valence-corrected chi connectivity index (χ0v) is 18.5. The lowest BCUT2D eigenvalue weighted by Gasteiger charge is -2.18. The SMILES string of the molecule is CCN(CC)C(=O)c1ccc(C(=O)Nc2nc(-c3c(C)[nH]c4ccccc34)cs2)cc1. The van der Waals surface area contributed by atoms with Crippen LogP contribution in [0.3, 0.4) is 0 Å². The molecule has 0 unspecified atom stereocenters. The maximum Gasteiger partial charge on any atom is 0.257 e. The second-order valence-corrected chi connectivity index (χ2v) is 8.08. The lowest BCUT2D eigenvalue weighted by molar-refractivity contribution is 0.0772. The van der Waals surface area contributed by atoms with Crippen molar-refractivity contribution in [2.75, 3.05) is 18.4 Å². The second-order valence-electron chi connectivity index (χ2n) is 7.22. The summed E-state index contributed by atoms with van der Waals surface area (Å²) in [6.45, 7) is 7.22. The molecule has 158 valence electrons. The molecule has 0 saturated carbocycles. The van der Waals surface area contributed by atoms with E-state index in [1.54, 1.807) is 29.2 Å². The number of aromatic amines is 1. The number of carbonyl (C=O) groups is 2. The number of amides is 2. The first-order valence-electron chi connectivity index (χ1n) is 10.3. The molecule has 7 heteroatoms. The Kier molecular flexibility index (Phi) is 5.86. The predicted octanol–water partition coefficient (Wildman–Crippen LogP) is 5.33. The smallest absolute Gasteiger partial charge is 0.257 e. The van der Waals surface area contributed by atoms with Crippen molar-refractivity contribution in [1.29, 1.82) is 0 Å². The second kappa shape index (κ2) is 8.73. The monoisotopic (exact) mass is 432 g/mol. The highest BCUT2D eigenvalue weighted by atomic mass is 32.1. The fourth-order valence-electron chi connectivity index (χ4n) is 3.68. The summed E-state index contributed by atoms with van der Waals surface area (Å²) in [5.74, 6) is -0.283. The first-order chi connectivity index (χ1) is 15.0. The van der Waals surface area contributed by atoms with Gasteiger partial charge in [-0.1, -0.05) is 18.2 Å². The molecule has 0 fully saturated rings. The molecule has 31 heavy (non-hydrogen) atoms. The van der Waals surface area contributed by atoms with Gasteiger partial charge in [-0.25, -0.2) is 4.98 Å². The zero-order valence-electron chi connectivity index (χ0n) is 17.7. The number of anilines is 1. The Morgan fingerprint density at radius 3 is 2.42 bits per heavy atom. The third-order valence-electron chi connectivity index (χ3n) is 5.32. The maximum absolute atomic E-state index is 12.7. The average Bonchev–Trinajstić information content (AvgIpc) is 3.37. The topological polar surface area (TPSA) is 78.1 Å². The standard InChI is InChI=1S/C24H24N4O2S/c1-4-28(5-2)23(30)17-12-10-16(11-13-17)22(29)27-24-26-20(14-31-24)21-15(3)25-19-9-7-6-8-18(19)21/h6-14,25H,4-5H2,1-3H3,(H,26,27,29). The molecule has 0 radical (unpaired) electrons. The Hall–Kier alpha value is -3.45. The van der Waals surface area contributed by atoms with Crippen molar-refractivity contribution >= 4 is 39.2 Å². The normalized spacial score (nSPS) is 10.9. The van der Waals surface area contributed by atoms with Gasteiger partial charge >= 0.3 is 0 Å². The third kappa shape index (κ3) is 4.09. The van der Waals surface area contributed by atoms with Gasteiger partial charge in [0.1, 0.15) is 0 Å². The number of hydrogen-bond acceptors (Lipinski definition) is 4. The van der Waals surface area contributed by atoms with Crippen molar-refractivity contribution in [2.24, 2.45) is 0 Å². The number of hydrogen-bond donors (Lipinski definition) is 2. The summed E-state index contributed by atoms with van der Waals surface area (Å²) in [6.07, 6.45) is 0. The molecule has 4 rings (SSSR count). The first kappa shape index (κ1) is 20.8. The third-order valence-corrected chi connectivity index (χ3v) is 6.08. The van der Waals surface area contributed by atoms with Crippen LogP contribution in [0.15, 0.2) is 53.9 Å². The van der Waals surface area contributed by atoms with E-state index in [1.165, 1.54) is 11.3 Å². The van der Waals surface area contributed by atoms with Crippen LogP contribution in [0.25, 0.3) is 22.2 Å². The van der Waals surface area contributed by atoms with Crippen molar-refractivity contribution < 1.29 is 9.59 Å². The number of carbonyl (C=O) groups excluding carboxylic acids is 2. The summed E-state index contributed by atoms with van der Waals surface area (Å²) in [4.78, 5) is 34.9. The van der Waals surface area contributed by atoms with Gasteiger partial charge in [0.15, 0.2) is 5.13 Å². The number of nitrogens with one attached hydrogen (secondary N) is 2. The molecule has 6 nitrogen and oxygen atoms in total. The van der Waals surface area contributed by atoms with Gasteiger partial charge in [-0.15, -0.1) is 11.3 Å². The molecule has 0 bridgehead atoms. The summed E-state index contributed by atoms with van der Waals surface area (Å²) >= 11 is 1.39. The van der Waals surface area contributed by atoms with Gasteiger partial charge in [-0.2, -0.15) is 0 Å². The summed E-state index contributed by atoms with van der Waals surface area (Å²) in [5.41, 5.74) is 5.04. The van der Waals surface area contributed by atoms with Crippen LogP contribution in [0, 0.1) is 6.92 Å². The van der Waals surface area contributed by atoms with Crippen LogP contribution in [-0.2, 0) is 0 Å². The quantitative estimate of drug-likeness (QED) is 0.432. The van der Waals surface area contributed by atoms with Gasteiger partial charge in [0.05, 0.1) is 5.69 Å². The van der Waals surface area contributed by atoms with E-state index >= 15 is 0 Å². The van der Waals surface area contributed by atoms with Crippen molar-refractivity contribution in [1.82, 2.24) is 14.9 Å². The van der Waals surface area contributed by atoms with Crippen molar-refractivity contribution in [2.45, 2.75) is 20.8 Å². The molecule has 0 aliphatic rings. The van der Waals surface area contributed by atoms with Gasteiger partial charge in [0, 0.05) is 51.8 Å². The minimum absolute atomic E-state index is 0.0318. The number of thiazole rings is 1. The Morgan fingerprint density at radius 1 is 1.03 bits per heavy atom. The number of nitrogens with zero attached hydrogens (tertiary/aromatic N) is 2. The average molecular weight is 433 g/mol. The number of rotatable bonds is 6. The first-order valence-corrected chi connectivity index (χ1v) is 11.1. The Labute approximate surface area is 184 Å². The van der Waals surface area contributed by atoms with Crippen LogP contribution >= 0.6 is 11.3 Å². The molecule has 2 amide bonds. The molecule has 4 aromatic rings. The largest absolute Gasteiger partial charge is 0.358 e. The predicted molar refractivity (Wildman–Crippen MR) is 126 cm³/mol. The van der Waals surface area contributed by atoms with Gasteiger partial charge in [-0.3, -0.25) is 14.9 Å². The molecule has 0 saturated heterocycles. The van der Waals surface area contributed by atoms with Gasteiger partial charge in [0.2, 0.25) is 0 Å². The van der Waals surface area contributed by atoms with Crippen LogP contribution in [0.2, 0.25) is 0 Å². The highest BCUT2D eigenvalue weighted by Gasteiger charge is 2.16. The number of aromatic nitrogens is 2. The maximum atomic E-state index is 12.7. The molecule has 0 atom stereocenters. The van der Waals surface area contributed by atoms with E-state index in [-0.39, 0.29) is 11.8 Å². The molecule has 0 aliphatic heterocycles. The van der Waals surface area contributed by atoms with Crippen LogP contribution in [0.5, 0.6) is 0 Å². The van der Waals surface area contributed by atoms with Crippen LogP contribution in [0.4, 0.5) is 5.13 Å². The molecular formula is C24H24N4O2S. The molecule has 2 aromatic heterocycles. The lowest BCUT2D eigenvalue weighted by Crippen LogP contribution is -2.30. The molecule has 0 spiro atoms. The van der Waals surface area contributed by atoms with E-state index in [1.807, 2.05) is 44.4 Å². The Bertz CT molecular complexity index is 1240. The number of aryl methyl sites for hydroxylation is 1. The van der Waals surface area contributed by atoms with E-state index in [0.717, 1.165) is 27.9 Å². The summed E-state index contributed by atoms with van der Waals surface area (Å²) < 4.78 is 0. The fourth-order valence-corrected chi connectivity index (χ4v) is 4.38. The number of para-hydroxylation sites is 1. The zero-order chi connectivity index (χ0) is 22.0. The minimum atomic E-state index is -0.251. The van der Waals surface area contributed by atoms with E-state index in [0.29, 0.717) is 29.3 Å².